The summed E-state index contributed by atoms with van der Waals surface area (Å²) in [4.78, 5) is 14.7. The van der Waals surface area contributed by atoms with Crippen LogP contribution in [-0.2, 0) is 22.5 Å². The molecule has 1 amide bonds. The maximum absolute atomic E-state index is 13.0. The Hall–Kier alpha value is -2.21. The van der Waals surface area contributed by atoms with Crippen molar-refractivity contribution in [2.24, 2.45) is 0 Å². The average Bonchev–Trinajstić information content (AvgIpc) is 2.69. The van der Waals surface area contributed by atoms with Crippen molar-refractivity contribution in [3.8, 4) is 0 Å². The van der Waals surface area contributed by atoms with Crippen LogP contribution in [0.5, 0.6) is 0 Å². The molecule has 0 aliphatic carbocycles. The second-order valence-corrected chi connectivity index (χ2v) is 6.71. The SMILES string of the molecule is COCc1cccc(C(=O)N2CCO[C@@](CO)(Cc3ccccc3)C2)c1. The van der Waals surface area contributed by atoms with Gasteiger partial charge >= 0.3 is 0 Å². The molecule has 0 saturated carbocycles. The third-order valence-electron chi connectivity index (χ3n) is 4.68. The number of rotatable bonds is 6. The van der Waals surface area contributed by atoms with Gasteiger partial charge in [0.2, 0.25) is 0 Å². The van der Waals surface area contributed by atoms with Crippen molar-refractivity contribution >= 4 is 5.91 Å². The van der Waals surface area contributed by atoms with Crippen LogP contribution in [0.15, 0.2) is 54.6 Å². The molecule has 2 aromatic carbocycles. The van der Waals surface area contributed by atoms with Gasteiger partial charge < -0.3 is 19.5 Å². The van der Waals surface area contributed by atoms with Gasteiger partial charge in [0.1, 0.15) is 5.60 Å². The average molecular weight is 355 g/mol. The predicted molar refractivity (Wildman–Crippen MR) is 99.0 cm³/mol. The second-order valence-electron chi connectivity index (χ2n) is 6.71. The molecule has 0 radical (unpaired) electrons. The molecule has 1 aliphatic heterocycles. The van der Waals surface area contributed by atoms with Crippen molar-refractivity contribution < 1.29 is 19.4 Å². The van der Waals surface area contributed by atoms with Crippen LogP contribution in [0.4, 0.5) is 0 Å². The van der Waals surface area contributed by atoms with Crippen LogP contribution < -0.4 is 0 Å². The number of carbonyl (C=O) groups is 1. The minimum absolute atomic E-state index is 0.0443. The van der Waals surface area contributed by atoms with Crippen LogP contribution in [0.3, 0.4) is 0 Å². The summed E-state index contributed by atoms with van der Waals surface area (Å²) < 4.78 is 11.1. The van der Waals surface area contributed by atoms with Crippen LogP contribution in [0.1, 0.15) is 21.5 Å². The minimum Gasteiger partial charge on any atom is -0.393 e. The largest absolute Gasteiger partial charge is 0.393 e. The Bertz CT molecular complexity index is 734. The van der Waals surface area contributed by atoms with E-state index in [9.17, 15) is 9.90 Å². The number of aliphatic hydroxyl groups excluding tert-OH is 1. The predicted octanol–water partition coefficient (Wildman–Crippen LogP) is 2.28. The first kappa shape index (κ1) is 18.6. The third kappa shape index (κ3) is 4.30. The zero-order valence-corrected chi connectivity index (χ0v) is 15.1. The fraction of sp³-hybridized carbons (Fsp3) is 0.381. The van der Waals surface area contributed by atoms with Crippen LogP contribution in [0, 0.1) is 0 Å². The van der Waals surface area contributed by atoms with Gasteiger partial charge in [-0.2, -0.15) is 0 Å². The summed E-state index contributed by atoms with van der Waals surface area (Å²) in [5, 5.41) is 10.0. The summed E-state index contributed by atoms with van der Waals surface area (Å²) >= 11 is 0. The number of morpholine rings is 1. The molecule has 138 valence electrons. The Morgan fingerprint density at radius 2 is 1.96 bits per heavy atom. The summed E-state index contributed by atoms with van der Waals surface area (Å²) in [7, 11) is 1.63. The summed E-state index contributed by atoms with van der Waals surface area (Å²) in [5.74, 6) is -0.0443. The molecule has 1 fully saturated rings. The van der Waals surface area contributed by atoms with Crippen molar-refractivity contribution in [3.63, 3.8) is 0 Å². The second kappa shape index (κ2) is 8.45. The lowest BCUT2D eigenvalue weighted by Gasteiger charge is -2.42. The van der Waals surface area contributed by atoms with Crippen LogP contribution in [-0.4, -0.2) is 54.9 Å². The topological polar surface area (TPSA) is 59.0 Å². The molecular weight excluding hydrogens is 330 g/mol. The molecular formula is C21H25NO4. The lowest BCUT2D eigenvalue weighted by Crippen LogP contribution is -2.56. The number of nitrogens with zero attached hydrogens (tertiary/aromatic N) is 1. The van der Waals surface area contributed by atoms with E-state index in [-0.39, 0.29) is 12.5 Å². The maximum atomic E-state index is 13.0. The molecule has 0 spiro atoms. The fourth-order valence-corrected chi connectivity index (χ4v) is 3.39. The van der Waals surface area contributed by atoms with E-state index in [0.717, 1.165) is 11.1 Å². The highest BCUT2D eigenvalue weighted by atomic mass is 16.5. The smallest absolute Gasteiger partial charge is 0.254 e. The van der Waals surface area contributed by atoms with E-state index in [1.807, 2.05) is 54.6 Å². The monoisotopic (exact) mass is 355 g/mol. The van der Waals surface area contributed by atoms with Gasteiger partial charge in [0, 0.05) is 25.6 Å². The van der Waals surface area contributed by atoms with Crippen LogP contribution in [0.2, 0.25) is 0 Å². The number of methoxy groups -OCH3 is 1. The number of hydrogen-bond donors (Lipinski definition) is 1. The van der Waals surface area contributed by atoms with Crippen LogP contribution >= 0.6 is 0 Å². The molecule has 1 heterocycles. The lowest BCUT2D eigenvalue weighted by molar-refractivity contribution is -0.123. The number of benzene rings is 2. The number of aliphatic hydroxyl groups is 1. The highest BCUT2D eigenvalue weighted by Crippen LogP contribution is 2.24. The third-order valence-corrected chi connectivity index (χ3v) is 4.68. The van der Waals surface area contributed by atoms with Gasteiger partial charge in [-0.05, 0) is 23.3 Å². The Labute approximate surface area is 154 Å². The molecule has 3 rings (SSSR count). The zero-order valence-electron chi connectivity index (χ0n) is 15.1. The quantitative estimate of drug-likeness (QED) is 0.864. The van der Waals surface area contributed by atoms with Gasteiger partial charge in [0.25, 0.3) is 5.91 Å². The Morgan fingerprint density at radius 1 is 1.19 bits per heavy atom. The molecule has 1 saturated heterocycles. The van der Waals surface area contributed by atoms with Crippen molar-refractivity contribution in [1.82, 2.24) is 4.90 Å². The number of amides is 1. The summed E-state index contributed by atoms with van der Waals surface area (Å²) in [5.41, 5.74) is 1.91. The van der Waals surface area contributed by atoms with E-state index >= 15 is 0 Å². The molecule has 0 unspecified atom stereocenters. The van der Waals surface area contributed by atoms with Crippen molar-refractivity contribution in [2.45, 2.75) is 18.6 Å². The lowest BCUT2D eigenvalue weighted by atomic mass is 9.93. The Balaban J connectivity index is 1.76. The highest BCUT2D eigenvalue weighted by molar-refractivity contribution is 5.94. The summed E-state index contributed by atoms with van der Waals surface area (Å²) in [6.45, 7) is 1.64. The highest BCUT2D eigenvalue weighted by Gasteiger charge is 2.38. The van der Waals surface area contributed by atoms with E-state index < -0.39 is 5.60 Å². The first-order valence-corrected chi connectivity index (χ1v) is 8.82. The van der Waals surface area contributed by atoms with Gasteiger partial charge in [0.05, 0.1) is 26.4 Å². The number of ether oxygens (including phenoxy) is 2. The van der Waals surface area contributed by atoms with Gasteiger partial charge in [-0.15, -0.1) is 0 Å². The first-order valence-electron chi connectivity index (χ1n) is 8.82. The molecule has 1 atom stereocenters. The maximum Gasteiger partial charge on any atom is 0.254 e. The van der Waals surface area contributed by atoms with E-state index in [0.29, 0.717) is 38.3 Å². The van der Waals surface area contributed by atoms with Crippen LogP contribution in [0.25, 0.3) is 0 Å². The van der Waals surface area contributed by atoms with Gasteiger partial charge in [-0.25, -0.2) is 0 Å². The van der Waals surface area contributed by atoms with Gasteiger partial charge in [0.15, 0.2) is 0 Å². The van der Waals surface area contributed by atoms with Gasteiger partial charge in [-0.1, -0.05) is 42.5 Å². The number of hydrogen-bond acceptors (Lipinski definition) is 4. The van der Waals surface area contributed by atoms with Crippen molar-refractivity contribution in [3.05, 3.63) is 71.3 Å². The zero-order chi connectivity index (χ0) is 18.4. The standard InChI is InChI=1S/C21H25NO4/c1-25-14-18-8-5-9-19(12-18)20(24)22-10-11-26-21(15-22,16-23)13-17-6-3-2-4-7-17/h2-9,12,23H,10-11,13-16H2,1H3/t21-/m0/s1. The summed E-state index contributed by atoms with van der Waals surface area (Å²) in [6.07, 6.45) is 0.567. The molecule has 2 aromatic rings. The number of carbonyl (C=O) groups excluding carboxylic acids is 1. The Morgan fingerprint density at radius 3 is 2.69 bits per heavy atom. The molecule has 5 heteroatoms. The van der Waals surface area contributed by atoms with E-state index in [1.165, 1.54) is 0 Å². The summed E-state index contributed by atoms with van der Waals surface area (Å²) in [6, 6.07) is 17.4. The van der Waals surface area contributed by atoms with Crippen molar-refractivity contribution in [2.75, 3.05) is 33.4 Å². The van der Waals surface area contributed by atoms with Gasteiger partial charge in [-0.3, -0.25) is 4.79 Å². The molecule has 0 aromatic heterocycles. The first-order chi connectivity index (χ1) is 12.7. The molecule has 1 N–H and O–H groups in total. The van der Waals surface area contributed by atoms with E-state index in [2.05, 4.69) is 0 Å². The van der Waals surface area contributed by atoms with E-state index in [1.54, 1.807) is 12.0 Å². The molecule has 26 heavy (non-hydrogen) atoms. The normalized spacial score (nSPS) is 20.2. The molecule has 5 nitrogen and oxygen atoms in total. The fourth-order valence-electron chi connectivity index (χ4n) is 3.39. The Kier molecular flexibility index (Phi) is 6.04. The molecule has 1 aliphatic rings. The minimum atomic E-state index is -0.764. The van der Waals surface area contributed by atoms with E-state index in [4.69, 9.17) is 9.47 Å². The van der Waals surface area contributed by atoms with Crippen molar-refractivity contribution in [1.29, 1.82) is 0 Å². The molecule has 0 bridgehead atoms.